The number of amides is 2. The van der Waals surface area contributed by atoms with E-state index in [1.807, 2.05) is 17.0 Å². The Kier molecular flexibility index (Phi) is 4.73. The molecule has 1 heterocycles. The van der Waals surface area contributed by atoms with Crippen LogP contribution in [0.2, 0.25) is 0 Å². The Bertz CT molecular complexity index is 613. The molecule has 1 aromatic rings. The average Bonchev–Trinajstić information content (AvgIpc) is 3.25. The summed E-state index contributed by atoms with van der Waals surface area (Å²) >= 11 is 0. The third-order valence-corrected chi connectivity index (χ3v) is 6.44. The molecule has 3 aliphatic rings. The summed E-state index contributed by atoms with van der Waals surface area (Å²) in [6.45, 7) is 3.90. The van der Waals surface area contributed by atoms with Gasteiger partial charge in [0, 0.05) is 44.5 Å². The molecule has 0 radical (unpaired) electrons. The van der Waals surface area contributed by atoms with Gasteiger partial charge in [-0.25, -0.2) is 4.79 Å². The largest absolute Gasteiger partial charge is 0.508 e. The lowest BCUT2D eigenvalue weighted by molar-refractivity contribution is 0.192. The van der Waals surface area contributed by atoms with E-state index in [1.54, 1.807) is 12.1 Å². The lowest BCUT2D eigenvalue weighted by Crippen LogP contribution is -2.52. The number of carbonyl (C=O) groups excluding carboxylic acids is 1. The van der Waals surface area contributed by atoms with Gasteiger partial charge in [0.1, 0.15) is 5.75 Å². The first-order valence-electron chi connectivity index (χ1n) is 9.76. The molecule has 1 saturated heterocycles. The number of aromatic hydroxyl groups is 1. The fourth-order valence-electron chi connectivity index (χ4n) is 5.06. The van der Waals surface area contributed by atoms with Gasteiger partial charge in [-0.3, -0.25) is 0 Å². The normalized spacial score (nSPS) is 28.4. The van der Waals surface area contributed by atoms with Crippen molar-refractivity contribution in [3.05, 3.63) is 24.3 Å². The number of carbonyl (C=O) groups is 1. The number of fused-ring (bicyclic) bond motifs is 2. The van der Waals surface area contributed by atoms with Gasteiger partial charge in [0.2, 0.25) is 0 Å². The van der Waals surface area contributed by atoms with E-state index >= 15 is 0 Å². The maximum absolute atomic E-state index is 12.4. The molecule has 136 valence electrons. The van der Waals surface area contributed by atoms with Crippen LogP contribution in [0.1, 0.15) is 32.1 Å². The summed E-state index contributed by atoms with van der Waals surface area (Å²) in [6, 6.07) is 7.41. The van der Waals surface area contributed by atoms with E-state index in [9.17, 15) is 9.90 Å². The van der Waals surface area contributed by atoms with Crippen molar-refractivity contribution in [2.75, 3.05) is 37.6 Å². The van der Waals surface area contributed by atoms with Crippen molar-refractivity contribution >= 4 is 11.7 Å². The molecule has 1 aromatic carbocycles. The Morgan fingerprint density at radius 1 is 1.16 bits per heavy atom. The van der Waals surface area contributed by atoms with Crippen LogP contribution in [0.25, 0.3) is 0 Å². The second-order valence-electron chi connectivity index (χ2n) is 7.95. The lowest BCUT2D eigenvalue weighted by Gasteiger charge is -2.36. The second-order valence-corrected chi connectivity index (χ2v) is 7.95. The molecular formula is C20H29N3O2. The number of nitrogens with zero attached hydrogens (tertiary/aromatic N) is 2. The maximum atomic E-state index is 12.4. The number of hydrogen-bond donors (Lipinski definition) is 2. The van der Waals surface area contributed by atoms with Gasteiger partial charge < -0.3 is 20.2 Å². The van der Waals surface area contributed by atoms with Gasteiger partial charge in [0.25, 0.3) is 0 Å². The molecule has 0 aromatic heterocycles. The first-order chi connectivity index (χ1) is 12.2. The Morgan fingerprint density at radius 3 is 2.68 bits per heavy atom. The molecule has 3 unspecified atom stereocenters. The summed E-state index contributed by atoms with van der Waals surface area (Å²) in [5.41, 5.74) is 1.02. The van der Waals surface area contributed by atoms with E-state index < -0.39 is 0 Å². The monoisotopic (exact) mass is 343 g/mol. The minimum absolute atomic E-state index is 0.0821. The summed E-state index contributed by atoms with van der Waals surface area (Å²) in [6.07, 6.45) is 6.84. The zero-order valence-corrected chi connectivity index (χ0v) is 14.9. The highest BCUT2D eigenvalue weighted by Crippen LogP contribution is 2.49. The van der Waals surface area contributed by atoms with Crippen LogP contribution in [-0.4, -0.2) is 48.8 Å². The van der Waals surface area contributed by atoms with Gasteiger partial charge in [-0.1, -0.05) is 12.5 Å². The SMILES string of the molecule is O=C(NCCC1CC2CCC1C2)N1CCN(c2cccc(O)c2)CC1. The van der Waals surface area contributed by atoms with Crippen molar-refractivity contribution in [3.8, 4) is 5.75 Å². The third-order valence-electron chi connectivity index (χ3n) is 6.44. The van der Waals surface area contributed by atoms with Crippen LogP contribution >= 0.6 is 0 Å². The molecule has 5 heteroatoms. The van der Waals surface area contributed by atoms with Gasteiger partial charge in [-0.05, 0) is 55.6 Å². The van der Waals surface area contributed by atoms with E-state index in [0.29, 0.717) is 5.75 Å². The summed E-state index contributed by atoms with van der Waals surface area (Å²) in [7, 11) is 0. The van der Waals surface area contributed by atoms with Crippen molar-refractivity contribution in [1.82, 2.24) is 10.2 Å². The number of urea groups is 1. The predicted octanol–water partition coefficient (Wildman–Crippen LogP) is 3.05. The molecular weight excluding hydrogens is 314 g/mol. The van der Waals surface area contributed by atoms with Gasteiger partial charge in [0.05, 0.1) is 0 Å². The lowest BCUT2D eigenvalue weighted by atomic mass is 9.86. The zero-order valence-electron chi connectivity index (χ0n) is 14.9. The predicted molar refractivity (Wildman–Crippen MR) is 98.8 cm³/mol. The van der Waals surface area contributed by atoms with E-state index in [-0.39, 0.29) is 6.03 Å². The number of anilines is 1. The molecule has 2 N–H and O–H groups in total. The number of hydrogen-bond acceptors (Lipinski definition) is 3. The van der Waals surface area contributed by atoms with Crippen LogP contribution < -0.4 is 10.2 Å². The second kappa shape index (κ2) is 7.14. The fourth-order valence-corrected chi connectivity index (χ4v) is 5.06. The smallest absolute Gasteiger partial charge is 0.317 e. The fraction of sp³-hybridized carbons (Fsp3) is 0.650. The Balaban J connectivity index is 1.19. The number of nitrogens with one attached hydrogen (secondary N) is 1. The quantitative estimate of drug-likeness (QED) is 0.883. The van der Waals surface area contributed by atoms with Crippen LogP contribution in [-0.2, 0) is 0 Å². The molecule has 3 atom stereocenters. The molecule has 3 fully saturated rings. The van der Waals surface area contributed by atoms with E-state index in [1.165, 1.54) is 25.7 Å². The molecule has 2 aliphatic carbocycles. The van der Waals surface area contributed by atoms with Crippen molar-refractivity contribution in [2.24, 2.45) is 17.8 Å². The molecule has 25 heavy (non-hydrogen) atoms. The van der Waals surface area contributed by atoms with Crippen LogP contribution in [0.4, 0.5) is 10.5 Å². The topological polar surface area (TPSA) is 55.8 Å². The summed E-state index contributed by atoms with van der Waals surface area (Å²) < 4.78 is 0. The van der Waals surface area contributed by atoms with Crippen LogP contribution in [0.3, 0.4) is 0 Å². The van der Waals surface area contributed by atoms with Gasteiger partial charge >= 0.3 is 6.03 Å². The number of piperazine rings is 1. The van der Waals surface area contributed by atoms with Crippen molar-refractivity contribution in [1.29, 1.82) is 0 Å². The highest BCUT2D eigenvalue weighted by atomic mass is 16.3. The molecule has 1 aliphatic heterocycles. The van der Waals surface area contributed by atoms with Crippen molar-refractivity contribution in [3.63, 3.8) is 0 Å². The molecule has 2 bridgehead atoms. The van der Waals surface area contributed by atoms with Crippen LogP contribution in [0, 0.1) is 17.8 Å². The summed E-state index contributed by atoms with van der Waals surface area (Å²) in [5.74, 6) is 3.06. The van der Waals surface area contributed by atoms with Gasteiger partial charge in [-0.15, -0.1) is 0 Å². The van der Waals surface area contributed by atoms with E-state index in [0.717, 1.165) is 62.6 Å². The number of benzene rings is 1. The first kappa shape index (κ1) is 16.6. The van der Waals surface area contributed by atoms with Crippen molar-refractivity contribution < 1.29 is 9.90 Å². The average molecular weight is 343 g/mol. The molecule has 2 amide bonds. The standard InChI is InChI=1S/C20H29N3O2/c24-19-3-1-2-18(14-19)22-8-10-23(11-9-22)20(25)21-7-6-17-13-15-4-5-16(17)12-15/h1-3,14-17,24H,4-13H2,(H,21,25). The zero-order chi connectivity index (χ0) is 17.2. The molecule has 2 saturated carbocycles. The third kappa shape index (κ3) is 3.70. The number of rotatable bonds is 4. The van der Waals surface area contributed by atoms with Crippen molar-refractivity contribution in [2.45, 2.75) is 32.1 Å². The molecule has 5 nitrogen and oxygen atoms in total. The highest BCUT2D eigenvalue weighted by molar-refractivity contribution is 5.74. The van der Waals surface area contributed by atoms with Gasteiger partial charge in [-0.2, -0.15) is 0 Å². The van der Waals surface area contributed by atoms with E-state index in [4.69, 9.17) is 0 Å². The number of phenolic OH excluding ortho intramolecular Hbond substituents is 1. The molecule has 4 rings (SSSR count). The van der Waals surface area contributed by atoms with Crippen LogP contribution in [0.5, 0.6) is 5.75 Å². The first-order valence-corrected chi connectivity index (χ1v) is 9.76. The van der Waals surface area contributed by atoms with E-state index in [2.05, 4.69) is 10.2 Å². The Morgan fingerprint density at radius 2 is 2.00 bits per heavy atom. The maximum Gasteiger partial charge on any atom is 0.317 e. The minimum atomic E-state index is 0.0821. The van der Waals surface area contributed by atoms with Crippen LogP contribution in [0.15, 0.2) is 24.3 Å². The highest BCUT2D eigenvalue weighted by Gasteiger charge is 2.38. The Labute approximate surface area is 150 Å². The van der Waals surface area contributed by atoms with Gasteiger partial charge in [0.15, 0.2) is 0 Å². The number of phenols is 1. The minimum Gasteiger partial charge on any atom is -0.508 e. The Hall–Kier alpha value is -1.91. The summed E-state index contributed by atoms with van der Waals surface area (Å²) in [5, 5.41) is 12.7. The summed E-state index contributed by atoms with van der Waals surface area (Å²) in [4.78, 5) is 16.5. The molecule has 0 spiro atoms.